The topological polar surface area (TPSA) is 60.8 Å². The van der Waals surface area contributed by atoms with Gasteiger partial charge in [0.15, 0.2) is 0 Å². The van der Waals surface area contributed by atoms with Crippen molar-refractivity contribution in [2.45, 2.75) is 44.2 Å². The van der Waals surface area contributed by atoms with Crippen molar-refractivity contribution >= 4 is 23.4 Å². The van der Waals surface area contributed by atoms with E-state index in [9.17, 15) is 15.0 Å². The van der Waals surface area contributed by atoms with Gasteiger partial charge in [0.05, 0.1) is 5.25 Å². The van der Waals surface area contributed by atoms with Crippen LogP contribution >= 0.6 is 11.8 Å². The Balaban J connectivity index is 2.10. The number of phenolic OH excluding ortho intramolecular Hbond substituents is 2. The molecule has 0 radical (unpaired) electrons. The summed E-state index contributed by atoms with van der Waals surface area (Å²) in [6.45, 7) is 7.87. The van der Waals surface area contributed by atoms with Gasteiger partial charge in [-0.25, -0.2) is 0 Å². The summed E-state index contributed by atoms with van der Waals surface area (Å²) in [5, 5.41) is 19.5. The van der Waals surface area contributed by atoms with E-state index in [1.54, 1.807) is 30.0 Å². The first kappa shape index (κ1) is 17.7. The second kappa shape index (κ2) is 6.64. The minimum absolute atomic E-state index is 0.0616. The summed E-state index contributed by atoms with van der Waals surface area (Å²) < 4.78 is 0. The predicted octanol–water partition coefficient (Wildman–Crippen LogP) is 4.70. The van der Waals surface area contributed by atoms with Crippen LogP contribution in [0.3, 0.4) is 0 Å². The van der Waals surface area contributed by atoms with Gasteiger partial charge in [0, 0.05) is 5.69 Å². The maximum absolute atomic E-state index is 12.9. The molecule has 4 nitrogen and oxygen atoms in total. The standard InChI is InChI=1S/C20H23NO3S/c1-11(2)16-10-17(12(3)9-18(16)23)21-19(24)13(4)25-20(21)14-5-7-15(22)8-6-14/h5-11,13,20,22-23H,1-4H3. The number of amides is 1. The number of hydrogen-bond donors (Lipinski definition) is 2. The van der Waals surface area contributed by atoms with Crippen molar-refractivity contribution < 1.29 is 15.0 Å². The summed E-state index contributed by atoms with van der Waals surface area (Å²) in [4.78, 5) is 14.7. The van der Waals surface area contributed by atoms with E-state index in [1.165, 1.54) is 0 Å². The van der Waals surface area contributed by atoms with Crippen molar-refractivity contribution in [2.24, 2.45) is 0 Å². The van der Waals surface area contributed by atoms with Crippen LogP contribution in [0.15, 0.2) is 36.4 Å². The molecule has 132 valence electrons. The summed E-state index contributed by atoms with van der Waals surface area (Å²) in [5.41, 5.74) is 3.51. The SMILES string of the molecule is Cc1cc(O)c(C(C)C)cc1N1C(=O)C(C)SC1c1ccc(O)cc1. The van der Waals surface area contributed by atoms with Crippen LogP contribution in [0.2, 0.25) is 0 Å². The van der Waals surface area contributed by atoms with Gasteiger partial charge in [-0.15, -0.1) is 11.8 Å². The van der Waals surface area contributed by atoms with E-state index in [2.05, 4.69) is 0 Å². The number of thioether (sulfide) groups is 1. The fraction of sp³-hybridized carbons (Fsp3) is 0.350. The van der Waals surface area contributed by atoms with E-state index in [-0.39, 0.29) is 33.9 Å². The van der Waals surface area contributed by atoms with Crippen LogP contribution in [0.1, 0.15) is 48.8 Å². The first-order valence-electron chi connectivity index (χ1n) is 8.40. The molecule has 2 atom stereocenters. The largest absolute Gasteiger partial charge is 0.508 e. The molecule has 2 unspecified atom stereocenters. The molecule has 1 amide bonds. The van der Waals surface area contributed by atoms with Crippen LogP contribution in [-0.2, 0) is 4.79 Å². The summed E-state index contributed by atoms with van der Waals surface area (Å²) >= 11 is 1.59. The Bertz CT molecular complexity index is 801. The number of aryl methyl sites for hydroxylation is 1. The van der Waals surface area contributed by atoms with Gasteiger partial charge in [-0.3, -0.25) is 9.69 Å². The maximum atomic E-state index is 12.9. The highest BCUT2D eigenvalue weighted by Crippen LogP contribution is 2.47. The minimum Gasteiger partial charge on any atom is -0.508 e. The van der Waals surface area contributed by atoms with Gasteiger partial charge >= 0.3 is 0 Å². The normalized spacial score (nSPS) is 20.5. The number of anilines is 1. The number of carbonyl (C=O) groups is 1. The minimum atomic E-state index is -0.147. The predicted molar refractivity (Wildman–Crippen MR) is 102 cm³/mol. The van der Waals surface area contributed by atoms with E-state index in [0.29, 0.717) is 0 Å². The summed E-state index contributed by atoms with van der Waals surface area (Å²) in [6, 6.07) is 10.7. The molecule has 2 aromatic rings. The molecule has 1 heterocycles. The zero-order valence-corrected chi connectivity index (χ0v) is 15.7. The number of aromatic hydroxyl groups is 2. The molecule has 1 fully saturated rings. The molecular weight excluding hydrogens is 334 g/mol. The fourth-order valence-corrected chi connectivity index (χ4v) is 4.42. The summed E-state index contributed by atoms with van der Waals surface area (Å²) in [7, 11) is 0. The lowest BCUT2D eigenvalue weighted by Crippen LogP contribution is -2.30. The lowest BCUT2D eigenvalue weighted by molar-refractivity contribution is -0.117. The molecule has 0 bridgehead atoms. The zero-order chi connectivity index (χ0) is 18.3. The van der Waals surface area contributed by atoms with Crippen LogP contribution in [0.25, 0.3) is 0 Å². The molecule has 1 aliphatic heterocycles. The lowest BCUT2D eigenvalue weighted by Gasteiger charge is -2.27. The van der Waals surface area contributed by atoms with E-state index in [4.69, 9.17) is 0 Å². The maximum Gasteiger partial charge on any atom is 0.241 e. The molecule has 5 heteroatoms. The molecule has 0 spiro atoms. The molecular formula is C20H23NO3S. The molecule has 1 aliphatic rings. The Morgan fingerprint density at radius 2 is 1.76 bits per heavy atom. The van der Waals surface area contributed by atoms with Crippen molar-refractivity contribution in [3.63, 3.8) is 0 Å². The number of hydrogen-bond acceptors (Lipinski definition) is 4. The third-order valence-electron chi connectivity index (χ3n) is 4.56. The Morgan fingerprint density at radius 3 is 2.36 bits per heavy atom. The number of phenols is 2. The van der Waals surface area contributed by atoms with Gasteiger partial charge < -0.3 is 10.2 Å². The number of rotatable bonds is 3. The molecule has 2 aromatic carbocycles. The first-order valence-corrected chi connectivity index (χ1v) is 9.35. The lowest BCUT2D eigenvalue weighted by atomic mass is 9.98. The highest BCUT2D eigenvalue weighted by molar-refractivity contribution is 8.01. The molecule has 0 aromatic heterocycles. The van der Waals surface area contributed by atoms with Crippen molar-refractivity contribution in [2.75, 3.05) is 4.90 Å². The number of nitrogens with zero attached hydrogens (tertiary/aromatic N) is 1. The van der Waals surface area contributed by atoms with Crippen molar-refractivity contribution in [1.82, 2.24) is 0 Å². The Hall–Kier alpha value is -2.14. The van der Waals surface area contributed by atoms with Gasteiger partial charge in [0.1, 0.15) is 16.9 Å². The third-order valence-corrected chi connectivity index (χ3v) is 5.91. The average Bonchev–Trinajstić information content (AvgIpc) is 2.84. The van der Waals surface area contributed by atoms with E-state index in [1.807, 2.05) is 50.8 Å². The Morgan fingerprint density at radius 1 is 1.12 bits per heavy atom. The molecule has 25 heavy (non-hydrogen) atoms. The highest BCUT2D eigenvalue weighted by Gasteiger charge is 2.40. The molecule has 3 rings (SSSR count). The average molecular weight is 357 g/mol. The van der Waals surface area contributed by atoms with Crippen LogP contribution in [-0.4, -0.2) is 21.4 Å². The third kappa shape index (κ3) is 3.21. The second-order valence-corrected chi connectivity index (χ2v) is 8.21. The molecule has 1 saturated heterocycles. The zero-order valence-electron chi connectivity index (χ0n) is 14.9. The van der Waals surface area contributed by atoms with E-state index < -0.39 is 0 Å². The number of benzene rings is 2. The Labute approximate surface area is 152 Å². The first-order chi connectivity index (χ1) is 11.8. The quantitative estimate of drug-likeness (QED) is 0.836. The molecule has 2 N–H and O–H groups in total. The van der Waals surface area contributed by atoms with Gasteiger partial charge in [-0.05, 0) is 60.7 Å². The second-order valence-electron chi connectivity index (χ2n) is 6.78. The van der Waals surface area contributed by atoms with E-state index in [0.717, 1.165) is 22.4 Å². The molecule has 0 saturated carbocycles. The van der Waals surface area contributed by atoms with Crippen molar-refractivity contribution in [1.29, 1.82) is 0 Å². The van der Waals surface area contributed by atoms with Gasteiger partial charge in [-0.2, -0.15) is 0 Å². The van der Waals surface area contributed by atoms with Gasteiger partial charge in [-0.1, -0.05) is 26.0 Å². The van der Waals surface area contributed by atoms with Crippen LogP contribution in [0.5, 0.6) is 11.5 Å². The van der Waals surface area contributed by atoms with Crippen molar-refractivity contribution in [3.8, 4) is 11.5 Å². The smallest absolute Gasteiger partial charge is 0.241 e. The molecule has 0 aliphatic carbocycles. The van der Waals surface area contributed by atoms with Crippen molar-refractivity contribution in [3.05, 3.63) is 53.1 Å². The fourth-order valence-electron chi connectivity index (χ4n) is 3.15. The van der Waals surface area contributed by atoms with E-state index >= 15 is 0 Å². The van der Waals surface area contributed by atoms with Crippen LogP contribution in [0, 0.1) is 6.92 Å². The van der Waals surface area contributed by atoms with Gasteiger partial charge in [0.25, 0.3) is 0 Å². The monoisotopic (exact) mass is 357 g/mol. The van der Waals surface area contributed by atoms with Gasteiger partial charge in [0.2, 0.25) is 5.91 Å². The summed E-state index contributed by atoms with van der Waals surface area (Å²) in [5.74, 6) is 0.700. The Kier molecular flexibility index (Phi) is 4.69. The number of carbonyl (C=O) groups excluding carboxylic acids is 1. The van der Waals surface area contributed by atoms with Crippen LogP contribution < -0.4 is 4.90 Å². The highest BCUT2D eigenvalue weighted by atomic mass is 32.2. The summed E-state index contributed by atoms with van der Waals surface area (Å²) in [6.07, 6.45) is 0. The van der Waals surface area contributed by atoms with Crippen LogP contribution in [0.4, 0.5) is 5.69 Å².